The maximum atomic E-state index is 10.9. The van der Waals surface area contributed by atoms with Crippen LogP contribution in [0, 0.1) is 22.7 Å². The topological polar surface area (TPSA) is 83.7 Å². The number of hydrogen-bond donors (Lipinski definition) is 0. The van der Waals surface area contributed by atoms with E-state index in [1.54, 1.807) is 0 Å². The van der Waals surface area contributed by atoms with Gasteiger partial charge in [-0.3, -0.25) is 0 Å². The molecule has 4 aromatic heterocycles. The first kappa shape index (κ1) is 26.8. The van der Waals surface area contributed by atoms with E-state index in [1.165, 1.54) is 0 Å². The second-order valence-electron chi connectivity index (χ2n) is 12.7. The van der Waals surface area contributed by atoms with Crippen molar-refractivity contribution in [2.24, 2.45) is 0 Å². The number of nitriles is 2. The molecule has 6 nitrogen and oxygen atoms in total. The second kappa shape index (κ2) is 9.64. The SMILES string of the molecule is N#Cc1c(-n2c3ccccc3c3cc4c(cc32)oc2ccccc24)ccc(-n2c3ccccc3c3cc4c(cc32)oc2ccccc24)c1C#N. The number of para-hydroxylation sites is 4. The lowest BCUT2D eigenvalue weighted by atomic mass is 10.0. The van der Waals surface area contributed by atoms with Crippen LogP contribution in [-0.2, 0) is 0 Å². The van der Waals surface area contributed by atoms with Crippen LogP contribution >= 0.6 is 0 Å². The van der Waals surface area contributed by atoms with E-state index in [-0.39, 0.29) is 0 Å². The Bertz CT molecular complexity index is 3130. The van der Waals surface area contributed by atoms with E-state index in [4.69, 9.17) is 8.83 Å². The molecule has 0 spiro atoms. The highest BCUT2D eigenvalue weighted by Gasteiger charge is 2.24. The summed E-state index contributed by atoms with van der Waals surface area (Å²) in [7, 11) is 0. The zero-order chi connectivity index (χ0) is 33.1. The van der Waals surface area contributed by atoms with Crippen molar-refractivity contribution in [3.8, 4) is 23.5 Å². The number of hydrogen-bond acceptors (Lipinski definition) is 4. The molecule has 4 heterocycles. The molecule has 230 valence electrons. The third kappa shape index (κ3) is 3.39. The standard InChI is InChI=1S/C44H22N4O2/c45-23-33-34(24-46)38(48-36-14-6-2-10-26(36)30-20-32-28-12-4-8-16-42(28)50-44(32)22-40(30)48)18-17-37(33)47-35-13-5-1-9-25(35)29-19-31-27-11-3-7-15-41(27)49-43(31)21-39(29)47/h1-22H. The molecule has 11 rings (SSSR count). The monoisotopic (exact) mass is 638 g/mol. The van der Waals surface area contributed by atoms with Gasteiger partial charge in [-0.25, -0.2) is 0 Å². The molecule has 0 amide bonds. The van der Waals surface area contributed by atoms with Gasteiger partial charge >= 0.3 is 0 Å². The van der Waals surface area contributed by atoms with E-state index in [0.717, 1.165) is 87.5 Å². The molecule has 0 atom stereocenters. The maximum absolute atomic E-state index is 10.9. The Kier molecular flexibility index (Phi) is 5.16. The molecule has 0 aliphatic heterocycles. The van der Waals surface area contributed by atoms with Crippen molar-refractivity contribution in [1.82, 2.24) is 9.13 Å². The van der Waals surface area contributed by atoms with Crippen LogP contribution in [0.5, 0.6) is 0 Å². The van der Waals surface area contributed by atoms with Gasteiger partial charge in [0, 0.05) is 55.2 Å². The average Bonchev–Trinajstić information content (AvgIpc) is 3.89. The third-order valence-corrected chi connectivity index (χ3v) is 10.2. The first-order chi connectivity index (χ1) is 24.7. The minimum Gasteiger partial charge on any atom is -0.456 e. The third-order valence-electron chi connectivity index (χ3n) is 10.2. The highest BCUT2D eigenvalue weighted by atomic mass is 16.3. The van der Waals surface area contributed by atoms with Gasteiger partial charge in [0.1, 0.15) is 34.5 Å². The van der Waals surface area contributed by atoms with Crippen molar-refractivity contribution in [3.63, 3.8) is 0 Å². The van der Waals surface area contributed by atoms with Gasteiger partial charge in [-0.1, -0.05) is 72.8 Å². The van der Waals surface area contributed by atoms with E-state index in [9.17, 15) is 10.5 Å². The van der Waals surface area contributed by atoms with Gasteiger partial charge in [0.2, 0.25) is 0 Å². The summed E-state index contributed by atoms with van der Waals surface area (Å²) >= 11 is 0. The van der Waals surface area contributed by atoms with Crippen LogP contribution in [0.1, 0.15) is 11.1 Å². The lowest BCUT2D eigenvalue weighted by Crippen LogP contribution is -2.05. The molecule has 0 radical (unpaired) electrons. The second-order valence-corrected chi connectivity index (χ2v) is 12.7. The van der Waals surface area contributed by atoms with Crippen LogP contribution in [0.15, 0.2) is 142 Å². The summed E-state index contributed by atoms with van der Waals surface area (Å²) in [5, 5.41) is 30.1. The predicted molar refractivity (Wildman–Crippen MR) is 199 cm³/mol. The summed E-state index contributed by atoms with van der Waals surface area (Å²) in [6, 6.07) is 49.7. The summed E-state index contributed by atoms with van der Waals surface area (Å²) in [6.07, 6.45) is 0. The van der Waals surface area contributed by atoms with Crippen LogP contribution < -0.4 is 0 Å². The molecular weight excluding hydrogens is 617 g/mol. The molecule has 50 heavy (non-hydrogen) atoms. The summed E-state index contributed by atoms with van der Waals surface area (Å²) in [6.45, 7) is 0. The Balaban J connectivity index is 1.22. The first-order valence-electron chi connectivity index (χ1n) is 16.4. The Morgan fingerprint density at radius 1 is 0.360 bits per heavy atom. The normalized spacial score (nSPS) is 12.0. The van der Waals surface area contributed by atoms with Gasteiger partial charge in [-0.05, 0) is 48.5 Å². The predicted octanol–water partition coefficient (Wildman–Crippen LogP) is 11.4. The smallest absolute Gasteiger partial charge is 0.137 e. The number of rotatable bonds is 2. The molecule has 0 fully saturated rings. The minimum atomic E-state index is 0.299. The molecule has 0 unspecified atom stereocenters. The Hall–Kier alpha value is -7.28. The van der Waals surface area contributed by atoms with Crippen molar-refractivity contribution >= 4 is 87.5 Å². The summed E-state index contributed by atoms with van der Waals surface area (Å²) < 4.78 is 16.8. The maximum Gasteiger partial charge on any atom is 0.137 e. The Morgan fingerprint density at radius 2 is 0.760 bits per heavy atom. The van der Waals surface area contributed by atoms with Gasteiger partial charge in [0.15, 0.2) is 0 Å². The summed E-state index contributed by atoms with van der Waals surface area (Å²) in [5.41, 5.74) is 8.72. The highest BCUT2D eigenvalue weighted by molar-refractivity contribution is 6.19. The quantitative estimate of drug-likeness (QED) is 0.189. The van der Waals surface area contributed by atoms with Crippen molar-refractivity contribution in [2.75, 3.05) is 0 Å². The van der Waals surface area contributed by atoms with E-state index >= 15 is 0 Å². The molecule has 0 aliphatic carbocycles. The summed E-state index contributed by atoms with van der Waals surface area (Å²) in [4.78, 5) is 0. The highest BCUT2D eigenvalue weighted by Crippen LogP contribution is 2.42. The van der Waals surface area contributed by atoms with Crippen LogP contribution in [0.2, 0.25) is 0 Å². The molecule has 7 aromatic carbocycles. The molecule has 0 bridgehead atoms. The van der Waals surface area contributed by atoms with Crippen molar-refractivity contribution in [1.29, 1.82) is 10.5 Å². The Morgan fingerprint density at radius 3 is 1.20 bits per heavy atom. The zero-order valence-electron chi connectivity index (χ0n) is 26.3. The van der Waals surface area contributed by atoms with Crippen LogP contribution in [0.3, 0.4) is 0 Å². The van der Waals surface area contributed by atoms with E-state index in [2.05, 4.69) is 81.9 Å². The number of furan rings is 2. The molecule has 0 saturated heterocycles. The molecular formula is C44H22N4O2. The number of benzene rings is 7. The molecule has 6 heteroatoms. The van der Waals surface area contributed by atoms with Gasteiger partial charge in [0.25, 0.3) is 0 Å². The molecule has 0 N–H and O–H groups in total. The van der Waals surface area contributed by atoms with Gasteiger partial charge in [-0.15, -0.1) is 0 Å². The molecule has 0 aliphatic rings. The fourth-order valence-electron chi connectivity index (χ4n) is 8.07. The fraction of sp³-hybridized carbons (Fsp3) is 0. The fourth-order valence-corrected chi connectivity index (χ4v) is 8.07. The Labute approximate surface area is 283 Å². The molecule has 11 aromatic rings. The van der Waals surface area contributed by atoms with Crippen LogP contribution in [0.25, 0.3) is 98.9 Å². The van der Waals surface area contributed by atoms with Gasteiger partial charge in [0.05, 0.1) is 44.6 Å². The number of aromatic nitrogens is 2. The summed E-state index contributed by atoms with van der Waals surface area (Å²) in [5.74, 6) is 0. The number of fused-ring (bicyclic) bond motifs is 12. The average molecular weight is 639 g/mol. The van der Waals surface area contributed by atoms with E-state index in [1.807, 2.05) is 72.8 Å². The van der Waals surface area contributed by atoms with Crippen molar-refractivity contribution in [2.45, 2.75) is 0 Å². The number of nitrogens with zero attached hydrogens (tertiary/aromatic N) is 4. The largest absolute Gasteiger partial charge is 0.456 e. The zero-order valence-corrected chi connectivity index (χ0v) is 26.3. The van der Waals surface area contributed by atoms with Crippen molar-refractivity contribution in [3.05, 3.63) is 145 Å². The van der Waals surface area contributed by atoms with Gasteiger partial charge in [-0.2, -0.15) is 10.5 Å². The van der Waals surface area contributed by atoms with E-state index < -0.39 is 0 Å². The van der Waals surface area contributed by atoms with E-state index in [0.29, 0.717) is 22.5 Å². The van der Waals surface area contributed by atoms with Crippen LogP contribution in [0.4, 0.5) is 0 Å². The van der Waals surface area contributed by atoms with Crippen LogP contribution in [-0.4, -0.2) is 9.13 Å². The first-order valence-corrected chi connectivity index (χ1v) is 16.4. The lowest BCUT2D eigenvalue weighted by molar-refractivity contribution is 0.669. The molecule has 0 saturated carbocycles. The lowest BCUT2D eigenvalue weighted by Gasteiger charge is -2.16. The van der Waals surface area contributed by atoms with Gasteiger partial charge < -0.3 is 18.0 Å². The minimum absolute atomic E-state index is 0.299. The van der Waals surface area contributed by atoms with Crippen molar-refractivity contribution < 1.29 is 8.83 Å².